The standard InChI is InChI=1S/C16H15FO3/c1-19-16-9-13(7-8-14(16)17)15(18)11-20-10-12-5-3-2-4-6-12/h2-9H,10-11H2,1H3. The van der Waals surface area contributed by atoms with Gasteiger partial charge in [-0.25, -0.2) is 4.39 Å². The van der Waals surface area contributed by atoms with E-state index in [0.29, 0.717) is 12.2 Å². The lowest BCUT2D eigenvalue weighted by molar-refractivity contribution is 0.0726. The van der Waals surface area contributed by atoms with Crippen molar-refractivity contribution in [1.82, 2.24) is 0 Å². The summed E-state index contributed by atoms with van der Waals surface area (Å²) in [6.45, 7) is 0.314. The Morgan fingerprint density at radius 2 is 1.90 bits per heavy atom. The maximum absolute atomic E-state index is 13.2. The molecule has 0 spiro atoms. The molecule has 2 rings (SSSR count). The molecule has 0 atom stereocenters. The lowest BCUT2D eigenvalue weighted by Crippen LogP contribution is -2.09. The van der Waals surface area contributed by atoms with Crippen molar-refractivity contribution in [2.24, 2.45) is 0 Å². The summed E-state index contributed by atoms with van der Waals surface area (Å²) in [6, 6.07) is 13.6. The number of benzene rings is 2. The average Bonchev–Trinajstić information content (AvgIpc) is 2.48. The third-order valence-electron chi connectivity index (χ3n) is 2.82. The highest BCUT2D eigenvalue weighted by atomic mass is 19.1. The second kappa shape index (κ2) is 6.82. The molecule has 0 saturated heterocycles. The van der Waals surface area contributed by atoms with Crippen LogP contribution in [0.15, 0.2) is 48.5 Å². The van der Waals surface area contributed by atoms with Crippen LogP contribution in [0.4, 0.5) is 4.39 Å². The fourth-order valence-electron chi connectivity index (χ4n) is 1.75. The van der Waals surface area contributed by atoms with Crippen molar-refractivity contribution in [3.8, 4) is 5.75 Å². The molecule has 0 radical (unpaired) electrons. The van der Waals surface area contributed by atoms with E-state index >= 15 is 0 Å². The molecular weight excluding hydrogens is 259 g/mol. The van der Waals surface area contributed by atoms with E-state index in [1.165, 1.54) is 25.3 Å². The highest BCUT2D eigenvalue weighted by molar-refractivity contribution is 5.97. The summed E-state index contributed by atoms with van der Waals surface area (Å²) >= 11 is 0. The first-order chi connectivity index (χ1) is 9.70. The van der Waals surface area contributed by atoms with Gasteiger partial charge < -0.3 is 9.47 Å². The maximum atomic E-state index is 13.2. The largest absolute Gasteiger partial charge is 0.494 e. The minimum absolute atomic E-state index is 0.0519. The van der Waals surface area contributed by atoms with Gasteiger partial charge in [-0.1, -0.05) is 30.3 Å². The van der Waals surface area contributed by atoms with E-state index in [2.05, 4.69) is 0 Å². The first-order valence-corrected chi connectivity index (χ1v) is 6.19. The van der Waals surface area contributed by atoms with Crippen molar-refractivity contribution < 1.29 is 18.7 Å². The molecule has 0 N–H and O–H groups in total. The Morgan fingerprint density at radius 1 is 1.15 bits per heavy atom. The monoisotopic (exact) mass is 274 g/mol. The number of hydrogen-bond acceptors (Lipinski definition) is 3. The van der Waals surface area contributed by atoms with Crippen molar-refractivity contribution in [1.29, 1.82) is 0 Å². The first kappa shape index (κ1) is 14.2. The molecule has 0 aliphatic carbocycles. The lowest BCUT2D eigenvalue weighted by Gasteiger charge is -2.06. The number of methoxy groups -OCH3 is 1. The number of halogens is 1. The number of ketones is 1. The van der Waals surface area contributed by atoms with Gasteiger partial charge in [0.2, 0.25) is 0 Å². The molecule has 104 valence electrons. The summed E-state index contributed by atoms with van der Waals surface area (Å²) in [5.74, 6) is -0.646. The smallest absolute Gasteiger partial charge is 0.188 e. The van der Waals surface area contributed by atoms with Gasteiger partial charge in [0.15, 0.2) is 17.3 Å². The Labute approximate surface area is 117 Å². The molecule has 0 unspecified atom stereocenters. The van der Waals surface area contributed by atoms with E-state index in [9.17, 15) is 9.18 Å². The Bertz CT molecular complexity index is 582. The molecule has 4 heteroatoms. The van der Waals surface area contributed by atoms with Crippen molar-refractivity contribution in [3.05, 3.63) is 65.5 Å². The van der Waals surface area contributed by atoms with Crippen LogP contribution < -0.4 is 4.74 Å². The molecular formula is C16H15FO3. The molecule has 3 nitrogen and oxygen atoms in total. The normalized spacial score (nSPS) is 10.3. The van der Waals surface area contributed by atoms with Gasteiger partial charge in [0, 0.05) is 5.56 Å². The van der Waals surface area contributed by atoms with Gasteiger partial charge in [-0.05, 0) is 23.8 Å². The van der Waals surface area contributed by atoms with E-state index in [-0.39, 0.29) is 18.1 Å². The van der Waals surface area contributed by atoms with Crippen molar-refractivity contribution in [3.63, 3.8) is 0 Å². The minimum atomic E-state index is -0.491. The van der Waals surface area contributed by atoms with Gasteiger partial charge in [-0.3, -0.25) is 4.79 Å². The molecule has 0 aliphatic rings. The highest BCUT2D eigenvalue weighted by Crippen LogP contribution is 2.18. The van der Waals surface area contributed by atoms with E-state index in [1.807, 2.05) is 30.3 Å². The van der Waals surface area contributed by atoms with Gasteiger partial charge in [0.25, 0.3) is 0 Å². The summed E-state index contributed by atoms with van der Waals surface area (Å²) in [6.07, 6.45) is 0. The molecule has 0 fully saturated rings. The second-order valence-electron chi connectivity index (χ2n) is 4.25. The van der Waals surface area contributed by atoms with Crippen molar-refractivity contribution in [2.75, 3.05) is 13.7 Å². The number of carbonyl (C=O) groups is 1. The second-order valence-corrected chi connectivity index (χ2v) is 4.25. The molecule has 20 heavy (non-hydrogen) atoms. The van der Waals surface area contributed by atoms with Crippen LogP contribution in [0.3, 0.4) is 0 Å². The first-order valence-electron chi connectivity index (χ1n) is 6.19. The average molecular weight is 274 g/mol. The Hall–Kier alpha value is -2.20. The van der Waals surface area contributed by atoms with Gasteiger partial charge in [-0.15, -0.1) is 0 Å². The third kappa shape index (κ3) is 3.65. The SMILES string of the molecule is COc1cc(C(=O)COCc2ccccc2)ccc1F. The van der Waals surface area contributed by atoms with E-state index in [0.717, 1.165) is 5.56 Å². The number of hydrogen-bond donors (Lipinski definition) is 0. The quantitative estimate of drug-likeness (QED) is 0.759. The predicted octanol–water partition coefficient (Wildman–Crippen LogP) is 3.23. The van der Waals surface area contributed by atoms with Crippen LogP contribution in [0.1, 0.15) is 15.9 Å². The van der Waals surface area contributed by atoms with E-state index < -0.39 is 5.82 Å². The molecule has 2 aromatic rings. The van der Waals surface area contributed by atoms with Crippen molar-refractivity contribution >= 4 is 5.78 Å². The maximum Gasteiger partial charge on any atom is 0.188 e. The van der Waals surface area contributed by atoms with Gasteiger partial charge in [0.1, 0.15) is 6.61 Å². The molecule has 0 saturated carbocycles. The Kier molecular flexibility index (Phi) is 4.85. The van der Waals surface area contributed by atoms with Gasteiger partial charge in [0.05, 0.1) is 13.7 Å². The Balaban J connectivity index is 1.92. The van der Waals surface area contributed by atoms with Crippen LogP contribution in [0.5, 0.6) is 5.75 Å². The third-order valence-corrected chi connectivity index (χ3v) is 2.82. The summed E-state index contributed by atoms with van der Waals surface area (Å²) in [4.78, 5) is 11.9. The van der Waals surface area contributed by atoms with Gasteiger partial charge in [-0.2, -0.15) is 0 Å². The summed E-state index contributed by atoms with van der Waals surface area (Å²) < 4.78 is 23.4. The molecule has 2 aromatic carbocycles. The number of ether oxygens (including phenoxy) is 2. The van der Waals surface area contributed by atoms with Gasteiger partial charge >= 0.3 is 0 Å². The van der Waals surface area contributed by atoms with Crippen LogP contribution in [0.2, 0.25) is 0 Å². The summed E-state index contributed by atoms with van der Waals surface area (Å²) in [5, 5.41) is 0. The molecule has 0 heterocycles. The number of rotatable bonds is 6. The Morgan fingerprint density at radius 3 is 2.60 bits per heavy atom. The van der Waals surface area contributed by atoms with Crippen molar-refractivity contribution in [2.45, 2.75) is 6.61 Å². The summed E-state index contributed by atoms with van der Waals surface area (Å²) in [5.41, 5.74) is 1.37. The molecule has 0 aromatic heterocycles. The van der Waals surface area contributed by atoms with Crippen LogP contribution >= 0.6 is 0 Å². The minimum Gasteiger partial charge on any atom is -0.494 e. The fraction of sp³-hybridized carbons (Fsp3) is 0.188. The summed E-state index contributed by atoms with van der Waals surface area (Å²) in [7, 11) is 1.36. The van der Waals surface area contributed by atoms with Crippen LogP contribution in [0.25, 0.3) is 0 Å². The van der Waals surface area contributed by atoms with E-state index in [1.54, 1.807) is 0 Å². The number of Topliss-reactive ketones (excluding diaryl/α,β-unsaturated/α-hetero) is 1. The number of carbonyl (C=O) groups excluding carboxylic acids is 1. The zero-order chi connectivity index (χ0) is 14.4. The fourth-order valence-corrected chi connectivity index (χ4v) is 1.75. The highest BCUT2D eigenvalue weighted by Gasteiger charge is 2.10. The van der Waals surface area contributed by atoms with Crippen LogP contribution in [-0.4, -0.2) is 19.5 Å². The zero-order valence-corrected chi connectivity index (χ0v) is 11.1. The lowest BCUT2D eigenvalue weighted by atomic mass is 10.1. The predicted molar refractivity (Wildman–Crippen MR) is 73.4 cm³/mol. The van der Waals surface area contributed by atoms with E-state index in [4.69, 9.17) is 9.47 Å². The molecule has 0 aliphatic heterocycles. The topological polar surface area (TPSA) is 35.5 Å². The zero-order valence-electron chi connectivity index (χ0n) is 11.1. The van der Waals surface area contributed by atoms with Crippen LogP contribution in [-0.2, 0) is 11.3 Å². The molecule has 0 bridgehead atoms. The molecule has 0 amide bonds. The van der Waals surface area contributed by atoms with Crippen LogP contribution in [0, 0.1) is 5.82 Å².